The Labute approximate surface area is 210 Å². The molecule has 0 bridgehead atoms. The minimum atomic E-state index is -4.61. The van der Waals surface area contributed by atoms with Crippen LogP contribution in [0.1, 0.15) is 22.6 Å². The predicted molar refractivity (Wildman–Crippen MR) is 128 cm³/mol. The summed E-state index contributed by atoms with van der Waals surface area (Å²) in [6.45, 7) is 0.0658. The fraction of sp³-hybridized carbons (Fsp3) is 0.130. The van der Waals surface area contributed by atoms with Crippen LogP contribution >= 0.6 is 24.0 Å². The van der Waals surface area contributed by atoms with Gasteiger partial charge in [-0.05, 0) is 47.5 Å². The summed E-state index contributed by atoms with van der Waals surface area (Å²) in [5.74, 6) is -0.332. The molecule has 0 aliphatic carbocycles. The average molecular weight is 544 g/mol. The fourth-order valence-corrected chi connectivity index (χ4v) is 4.58. The van der Waals surface area contributed by atoms with Crippen molar-refractivity contribution in [2.45, 2.75) is 17.0 Å². The number of rotatable bonds is 4. The van der Waals surface area contributed by atoms with Gasteiger partial charge in [0.05, 0.1) is 22.7 Å². The molecule has 12 heteroatoms. The van der Waals surface area contributed by atoms with Gasteiger partial charge < -0.3 is 0 Å². The van der Waals surface area contributed by atoms with E-state index in [1.54, 1.807) is 24.3 Å². The maximum atomic E-state index is 12.8. The SMILES string of the molecule is Cl.O=C(NS(=O)(=O)c1ccc(C(F)(F)F)cc1)N1CC(c2ccccc2)C(c2ccc(Cl)cc2)=N1. The quantitative estimate of drug-likeness (QED) is 0.459. The van der Waals surface area contributed by atoms with Crippen molar-refractivity contribution in [3.63, 3.8) is 0 Å². The maximum Gasteiger partial charge on any atom is 0.416 e. The van der Waals surface area contributed by atoms with Gasteiger partial charge in [-0.25, -0.2) is 22.9 Å². The zero-order valence-corrected chi connectivity index (χ0v) is 20.1. The number of hydrazone groups is 1. The van der Waals surface area contributed by atoms with Gasteiger partial charge in [0.25, 0.3) is 10.0 Å². The van der Waals surface area contributed by atoms with E-state index in [1.807, 2.05) is 35.1 Å². The molecule has 35 heavy (non-hydrogen) atoms. The summed E-state index contributed by atoms with van der Waals surface area (Å²) >= 11 is 5.97. The molecule has 1 heterocycles. The number of hydrogen-bond donors (Lipinski definition) is 1. The molecular weight excluding hydrogens is 526 g/mol. The second-order valence-corrected chi connectivity index (χ2v) is 9.59. The molecule has 3 aromatic carbocycles. The zero-order valence-electron chi connectivity index (χ0n) is 17.7. The Kier molecular flexibility index (Phi) is 7.78. The van der Waals surface area contributed by atoms with Crippen molar-refractivity contribution in [2.24, 2.45) is 5.10 Å². The smallest absolute Gasteiger partial charge is 0.246 e. The van der Waals surface area contributed by atoms with E-state index in [1.165, 1.54) is 0 Å². The zero-order chi connectivity index (χ0) is 24.5. The lowest BCUT2D eigenvalue weighted by Crippen LogP contribution is -2.39. The van der Waals surface area contributed by atoms with E-state index in [0.717, 1.165) is 22.7 Å². The van der Waals surface area contributed by atoms with E-state index < -0.39 is 32.7 Å². The van der Waals surface area contributed by atoms with Gasteiger partial charge in [-0.15, -0.1) is 12.4 Å². The predicted octanol–water partition coefficient (Wildman–Crippen LogP) is 5.68. The highest BCUT2D eigenvalue weighted by molar-refractivity contribution is 7.90. The van der Waals surface area contributed by atoms with Gasteiger partial charge in [-0.3, -0.25) is 0 Å². The number of amides is 2. The van der Waals surface area contributed by atoms with Crippen LogP contribution in [0.5, 0.6) is 0 Å². The molecule has 1 aliphatic rings. The lowest BCUT2D eigenvalue weighted by molar-refractivity contribution is -0.137. The van der Waals surface area contributed by atoms with Gasteiger partial charge in [0.1, 0.15) is 0 Å². The molecule has 1 N–H and O–H groups in total. The average Bonchev–Trinajstić information content (AvgIpc) is 3.25. The number of alkyl halides is 3. The minimum absolute atomic E-state index is 0. The lowest BCUT2D eigenvalue weighted by atomic mass is 9.91. The third-order valence-electron chi connectivity index (χ3n) is 5.20. The number of carbonyl (C=O) groups is 1. The summed E-state index contributed by atoms with van der Waals surface area (Å²) < 4.78 is 65.3. The normalized spacial score (nSPS) is 15.8. The third kappa shape index (κ3) is 5.95. The summed E-state index contributed by atoms with van der Waals surface area (Å²) in [4.78, 5) is 12.3. The van der Waals surface area contributed by atoms with Crippen LogP contribution in [0.4, 0.5) is 18.0 Å². The molecule has 1 aliphatic heterocycles. The molecule has 0 aromatic heterocycles. The van der Waals surface area contributed by atoms with E-state index in [4.69, 9.17) is 11.6 Å². The Morgan fingerprint density at radius 2 is 1.57 bits per heavy atom. The van der Waals surface area contributed by atoms with Crippen molar-refractivity contribution in [3.8, 4) is 0 Å². The first-order chi connectivity index (χ1) is 16.0. The Morgan fingerprint density at radius 3 is 2.14 bits per heavy atom. The van der Waals surface area contributed by atoms with E-state index in [0.29, 0.717) is 28.4 Å². The molecule has 2 amide bonds. The first-order valence-corrected chi connectivity index (χ1v) is 11.8. The molecule has 3 aromatic rings. The second-order valence-electron chi connectivity index (χ2n) is 7.47. The highest BCUT2D eigenvalue weighted by Gasteiger charge is 2.34. The van der Waals surface area contributed by atoms with Gasteiger partial charge in [0.2, 0.25) is 0 Å². The van der Waals surface area contributed by atoms with Gasteiger partial charge in [0, 0.05) is 10.9 Å². The van der Waals surface area contributed by atoms with Crippen LogP contribution in [-0.2, 0) is 16.2 Å². The van der Waals surface area contributed by atoms with Crippen LogP contribution in [0, 0.1) is 0 Å². The Balaban J connectivity index is 0.00000342. The molecular formula is C23H18Cl2F3N3O3S. The lowest BCUT2D eigenvalue weighted by Gasteiger charge is -2.16. The number of benzene rings is 3. The van der Waals surface area contributed by atoms with E-state index >= 15 is 0 Å². The molecule has 0 saturated heterocycles. The van der Waals surface area contributed by atoms with Crippen molar-refractivity contribution >= 4 is 45.8 Å². The van der Waals surface area contributed by atoms with Crippen molar-refractivity contribution < 1.29 is 26.4 Å². The standard InChI is InChI=1S/C23H17ClF3N3O3S.ClH/c24-18-10-6-16(7-11-18)21-20(15-4-2-1-3-5-15)14-30(28-21)22(31)29-34(32,33)19-12-8-17(9-13-19)23(25,26)27;/h1-13,20H,14H2,(H,29,31);1H. The highest BCUT2D eigenvalue weighted by atomic mass is 35.5. The second kappa shape index (κ2) is 10.3. The number of hydrogen-bond acceptors (Lipinski definition) is 4. The molecule has 0 spiro atoms. The number of urea groups is 1. The molecule has 0 radical (unpaired) electrons. The molecule has 6 nitrogen and oxygen atoms in total. The van der Waals surface area contributed by atoms with Crippen molar-refractivity contribution in [1.82, 2.24) is 9.73 Å². The van der Waals surface area contributed by atoms with Crippen LogP contribution in [-0.4, -0.2) is 31.7 Å². The number of sulfonamides is 1. The number of nitrogens with zero attached hydrogens (tertiary/aromatic N) is 2. The van der Waals surface area contributed by atoms with Crippen LogP contribution in [0.15, 0.2) is 88.9 Å². The third-order valence-corrected chi connectivity index (χ3v) is 6.79. The topological polar surface area (TPSA) is 78.8 Å². The monoisotopic (exact) mass is 543 g/mol. The molecule has 4 rings (SSSR count). The Bertz CT molecular complexity index is 1330. The van der Waals surface area contributed by atoms with Gasteiger partial charge >= 0.3 is 12.2 Å². The fourth-order valence-electron chi connectivity index (χ4n) is 3.51. The summed E-state index contributed by atoms with van der Waals surface area (Å²) in [6.07, 6.45) is -4.61. The van der Waals surface area contributed by atoms with E-state index in [-0.39, 0.29) is 24.9 Å². The molecule has 1 atom stereocenters. The summed E-state index contributed by atoms with van der Waals surface area (Å²) in [7, 11) is -4.42. The van der Waals surface area contributed by atoms with E-state index in [9.17, 15) is 26.4 Å². The van der Waals surface area contributed by atoms with Gasteiger partial charge in [0.15, 0.2) is 0 Å². The van der Waals surface area contributed by atoms with E-state index in [2.05, 4.69) is 5.10 Å². The van der Waals surface area contributed by atoms with Gasteiger partial charge in [-0.2, -0.15) is 18.3 Å². The Hall–Kier alpha value is -3.08. The van der Waals surface area contributed by atoms with Crippen LogP contribution in [0.25, 0.3) is 0 Å². The largest absolute Gasteiger partial charge is 0.416 e. The van der Waals surface area contributed by atoms with Crippen molar-refractivity contribution in [3.05, 3.63) is 101 Å². The van der Waals surface area contributed by atoms with Gasteiger partial charge in [-0.1, -0.05) is 54.1 Å². The summed E-state index contributed by atoms with van der Waals surface area (Å²) in [5.41, 5.74) is 1.13. The molecule has 0 saturated carbocycles. The first kappa shape index (κ1) is 26.5. The number of carbonyl (C=O) groups excluding carboxylic acids is 1. The Morgan fingerprint density at radius 1 is 0.971 bits per heavy atom. The summed E-state index contributed by atoms with van der Waals surface area (Å²) in [6, 6.07) is 18.0. The molecule has 184 valence electrons. The minimum Gasteiger partial charge on any atom is -0.246 e. The van der Waals surface area contributed by atoms with Crippen molar-refractivity contribution in [1.29, 1.82) is 0 Å². The van der Waals surface area contributed by atoms with Crippen molar-refractivity contribution in [2.75, 3.05) is 6.54 Å². The highest BCUT2D eigenvalue weighted by Crippen LogP contribution is 2.31. The van der Waals surface area contributed by atoms with Crippen LogP contribution in [0.3, 0.4) is 0 Å². The number of nitrogens with one attached hydrogen (secondary N) is 1. The molecule has 1 unspecified atom stereocenters. The number of halogens is 5. The summed E-state index contributed by atoms with van der Waals surface area (Å²) in [5, 5.41) is 5.86. The van der Waals surface area contributed by atoms with Crippen LogP contribution in [0.2, 0.25) is 5.02 Å². The first-order valence-electron chi connectivity index (χ1n) is 9.95. The van der Waals surface area contributed by atoms with Crippen LogP contribution < -0.4 is 4.72 Å². The maximum absolute atomic E-state index is 12.8. The molecule has 0 fully saturated rings.